The van der Waals surface area contributed by atoms with Crippen molar-refractivity contribution >= 4 is 11.6 Å². The lowest BCUT2D eigenvalue weighted by molar-refractivity contribution is -0.116. The maximum absolute atomic E-state index is 11.7. The van der Waals surface area contributed by atoms with Crippen molar-refractivity contribution < 1.29 is 9.53 Å². The average Bonchev–Trinajstić information content (AvgIpc) is 2.53. The Kier molecular flexibility index (Phi) is 3.27. The van der Waals surface area contributed by atoms with Gasteiger partial charge in [-0.05, 0) is 52.0 Å². The topological polar surface area (TPSA) is 41.6 Å². The highest BCUT2D eigenvalue weighted by atomic mass is 16.5. The number of rotatable bonds is 3. The van der Waals surface area contributed by atoms with Gasteiger partial charge in [0, 0.05) is 5.57 Å². The third kappa shape index (κ3) is 2.43. The van der Waals surface area contributed by atoms with Gasteiger partial charge >= 0.3 is 0 Å². The molecule has 19 heavy (non-hydrogen) atoms. The number of hydrazine groups is 1. The lowest BCUT2D eigenvalue weighted by Gasteiger charge is -2.32. The molecule has 4 nitrogen and oxygen atoms in total. The molecule has 0 aliphatic carbocycles. The van der Waals surface area contributed by atoms with Gasteiger partial charge in [0.15, 0.2) is 0 Å². The number of amides is 1. The summed E-state index contributed by atoms with van der Waals surface area (Å²) in [5, 5.41) is 1.83. The highest BCUT2D eigenvalue weighted by molar-refractivity contribution is 6.00. The van der Waals surface area contributed by atoms with Crippen LogP contribution in [0.1, 0.15) is 27.7 Å². The van der Waals surface area contributed by atoms with Crippen molar-refractivity contribution in [3.05, 3.63) is 36.4 Å². The van der Waals surface area contributed by atoms with Crippen molar-refractivity contribution in [2.24, 2.45) is 0 Å². The molecule has 0 saturated carbocycles. The summed E-state index contributed by atoms with van der Waals surface area (Å²) in [5.41, 5.74) is 3.87. The maximum Gasteiger partial charge on any atom is 0.267 e. The number of hydrogen-bond acceptors (Lipinski definition) is 3. The lowest BCUT2D eigenvalue weighted by Crippen LogP contribution is -2.44. The molecule has 102 valence electrons. The van der Waals surface area contributed by atoms with Crippen LogP contribution in [0.4, 0.5) is 5.69 Å². The van der Waals surface area contributed by atoms with Gasteiger partial charge in [-0.15, -0.1) is 0 Å². The maximum atomic E-state index is 11.7. The van der Waals surface area contributed by atoms with Crippen LogP contribution in [-0.2, 0) is 4.79 Å². The first-order valence-electron chi connectivity index (χ1n) is 6.39. The second-order valence-electron chi connectivity index (χ2n) is 5.47. The number of carbonyl (C=O) groups excluding carboxylic acids is 1. The van der Waals surface area contributed by atoms with Crippen LogP contribution in [0, 0.1) is 0 Å². The Hall–Kier alpha value is -1.97. The fourth-order valence-corrected chi connectivity index (χ4v) is 2.05. The standard InChI is InChI=1S/C15H20N2O2/c1-10(2)19-13-8-6-12(7-9-13)17-15(4,5)11(3)14(18)16-17/h6-10H,3H2,1-2,4-5H3,(H,16,18). The third-order valence-corrected chi connectivity index (χ3v) is 3.25. The van der Waals surface area contributed by atoms with E-state index >= 15 is 0 Å². The van der Waals surface area contributed by atoms with Crippen LogP contribution in [0.3, 0.4) is 0 Å². The molecule has 1 amide bonds. The van der Waals surface area contributed by atoms with E-state index in [4.69, 9.17) is 4.74 Å². The summed E-state index contributed by atoms with van der Waals surface area (Å²) in [4.78, 5) is 11.7. The van der Waals surface area contributed by atoms with Gasteiger partial charge in [0.25, 0.3) is 5.91 Å². The van der Waals surface area contributed by atoms with Gasteiger partial charge in [-0.25, -0.2) is 0 Å². The summed E-state index contributed by atoms with van der Waals surface area (Å²) in [5.74, 6) is 0.688. The minimum atomic E-state index is -0.433. The number of benzene rings is 1. The van der Waals surface area contributed by atoms with Crippen LogP contribution in [0.5, 0.6) is 5.75 Å². The smallest absolute Gasteiger partial charge is 0.267 e. The number of anilines is 1. The van der Waals surface area contributed by atoms with E-state index in [1.165, 1.54) is 0 Å². The van der Waals surface area contributed by atoms with Crippen LogP contribution in [0.2, 0.25) is 0 Å². The highest BCUT2D eigenvalue weighted by Gasteiger charge is 2.41. The number of nitrogens with zero attached hydrogens (tertiary/aromatic N) is 1. The molecule has 1 aliphatic rings. The fraction of sp³-hybridized carbons (Fsp3) is 0.400. The Balaban J connectivity index is 2.23. The molecule has 0 bridgehead atoms. The van der Waals surface area contributed by atoms with Crippen molar-refractivity contribution in [2.75, 3.05) is 5.01 Å². The Labute approximate surface area is 114 Å². The molecular formula is C15H20N2O2. The summed E-state index contributed by atoms with van der Waals surface area (Å²) in [6.07, 6.45) is 0.147. The zero-order chi connectivity index (χ0) is 14.2. The predicted octanol–water partition coefficient (Wildman–Crippen LogP) is 2.66. The molecule has 0 atom stereocenters. The molecule has 1 heterocycles. The van der Waals surface area contributed by atoms with E-state index in [-0.39, 0.29) is 12.0 Å². The zero-order valence-corrected chi connectivity index (χ0v) is 11.9. The Morgan fingerprint density at radius 2 is 1.84 bits per heavy atom. The molecule has 1 aromatic rings. The van der Waals surface area contributed by atoms with Crippen LogP contribution >= 0.6 is 0 Å². The van der Waals surface area contributed by atoms with Gasteiger partial charge in [0.1, 0.15) is 5.75 Å². The zero-order valence-electron chi connectivity index (χ0n) is 11.9. The Morgan fingerprint density at radius 1 is 1.26 bits per heavy atom. The van der Waals surface area contributed by atoms with Crippen molar-refractivity contribution in [3.63, 3.8) is 0 Å². The molecule has 1 fully saturated rings. The number of hydrogen-bond donors (Lipinski definition) is 1. The minimum absolute atomic E-state index is 0.132. The molecule has 4 heteroatoms. The molecule has 1 N–H and O–H groups in total. The normalized spacial score (nSPS) is 17.8. The molecule has 0 aromatic heterocycles. The van der Waals surface area contributed by atoms with Crippen LogP contribution < -0.4 is 15.2 Å². The molecule has 1 saturated heterocycles. The Bertz CT molecular complexity index is 503. The molecule has 2 rings (SSSR count). The summed E-state index contributed by atoms with van der Waals surface area (Å²) < 4.78 is 5.60. The highest BCUT2D eigenvalue weighted by Crippen LogP contribution is 2.33. The SMILES string of the molecule is C=C1C(=O)NN(c2ccc(OC(C)C)cc2)C1(C)C. The number of nitrogens with one attached hydrogen (secondary N) is 1. The van der Waals surface area contributed by atoms with E-state index in [1.54, 1.807) is 0 Å². The van der Waals surface area contributed by atoms with Gasteiger partial charge in [-0.3, -0.25) is 15.2 Å². The van der Waals surface area contributed by atoms with Gasteiger partial charge in [-0.1, -0.05) is 6.58 Å². The third-order valence-electron chi connectivity index (χ3n) is 3.25. The van der Waals surface area contributed by atoms with Gasteiger partial charge in [-0.2, -0.15) is 0 Å². The van der Waals surface area contributed by atoms with Gasteiger partial charge < -0.3 is 4.74 Å². The van der Waals surface area contributed by atoms with Gasteiger partial charge in [0.05, 0.1) is 17.3 Å². The monoisotopic (exact) mass is 260 g/mol. The molecule has 0 radical (unpaired) electrons. The molecule has 0 spiro atoms. The first kappa shape index (κ1) is 13.5. The summed E-state index contributed by atoms with van der Waals surface area (Å²) in [6, 6.07) is 7.66. The van der Waals surface area contributed by atoms with Crippen molar-refractivity contribution in [1.29, 1.82) is 0 Å². The van der Waals surface area contributed by atoms with E-state index in [1.807, 2.05) is 57.0 Å². The number of carbonyl (C=O) groups is 1. The first-order chi connectivity index (χ1) is 8.82. The second kappa shape index (κ2) is 4.61. The predicted molar refractivity (Wildman–Crippen MR) is 76.0 cm³/mol. The summed E-state index contributed by atoms with van der Waals surface area (Å²) in [6.45, 7) is 11.7. The van der Waals surface area contributed by atoms with Crippen LogP contribution in [0.15, 0.2) is 36.4 Å². The van der Waals surface area contributed by atoms with E-state index in [0.717, 1.165) is 11.4 Å². The molecular weight excluding hydrogens is 240 g/mol. The fourth-order valence-electron chi connectivity index (χ4n) is 2.05. The van der Waals surface area contributed by atoms with E-state index in [9.17, 15) is 4.79 Å². The average molecular weight is 260 g/mol. The second-order valence-corrected chi connectivity index (χ2v) is 5.47. The van der Waals surface area contributed by atoms with Crippen LogP contribution in [0.25, 0.3) is 0 Å². The van der Waals surface area contributed by atoms with E-state index < -0.39 is 5.54 Å². The van der Waals surface area contributed by atoms with Crippen molar-refractivity contribution in [1.82, 2.24) is 5.43 Å². The minimum Gasteiger partial charge on any atom is -0.491 e. The Morgan fingerprint density at radius 3 is 2.26 bits per heavy atom. The molecule has 0 unspecified atom stereocenters. The first-order valence-corrected chi connectivity index (χ1v) is 6.39. The van der Waals surface area contributed by atoms with E-state index in [0.29, 0.717) is 5.57 Å². The van der Waals surface area contributed by atoms with Gasteiger partial charge in [0.2, 0.25) is 0 Å². The molecule has 1 aromatic carbocycles. The van der Waals surface area contributed by atoms with Crippen molar-refractivity contribution in [3.8, 4) is 5.75 Å². The summed E-state index contributed by atoms with van der Waals surface area (Å²) in [7, 11) is 0. The quantitative estimate of drug-likeness (QED) is 0.849. The van der Waals surface area contributed by atoms with Crippen LogP contribution in [-0.4, -0.2) is 17.6 Å². The molecule has 1 aliphatic heterocycles. The van der Waals surface area contributed by atoms with E-state index in [2.05, 4.69) is 12.0 Å². The number of ether oxygens (including phenoxy) is 1. The van der Waals surface area contributed by atoms with Crippen molar-refractivity contribution in [2.45, 2.75) is 39.3 Å². The lowest BCUT2D eigenvalue weighted by atomic mass is 9.96. The largest absolute Gasteiger partial charge is 0.491 e. The summed E-state index contributed by atoms with van der Waals surface area (Å²) >= 11 is 0.